The van der Waals surface area contributed by atoms with Crippen LogP contribution in [0.2, 0.25) is 5.02 Å². The number of aromatic nitrogens is 3. The van der Waals surface area contributed by atoms with Gasteiger partial charge in [0.05, 0.1) is 16.9 Å². The molecule has 156 valence electrons. The first-order chi connectivity index (χ1) is 14.5. The van der Waals surface area contributed by atoms with Crippen LogP contribution >= 0.6 is 11.6 Å². The van der Waals surface area contributed by atoms with Crippen molar-refractivity contribution in [2.24, 2.45) is 0 Å². The molecule has 0 saturated carbocycles. The van der Waals surface area contributed by atoms with Gasteiger partial charge in [0.2, 0.25) is 0 Å². The maximum atomic E-state index is 13.4. The summed E-state index contributed by atoms with van der Waals surface area (Å²) in [4.78, 5) is 8.63. The Kier molecular flexibility index (Phi) is 6.11. The van der Waals surface area contributed by atoms with Crippen molar-refractivity contribution in [2.45, 2.75) is 6.92 Å². The van der Waals surface area contributed by atoms with Crippen molar-refractivity contribution >= 4 is 23.4 Å². The molecule has 2 aromatic heterocycles. The minimum atomic E-state index is -0.542. The Bertz CT molecular complexity index is 1020. The molecule has 0 bridgehead atoms. The average molecular weight is 430 g/mol. The number of halogens is 3. The highest BCUT2D eigenvalue weighted by Gasteiger charge is 2.17. The molecular weight excluding hydrogens is 408 g/mol. The summed E-state index contributed by atoms with van der Waals surface area (Å²) in [6.45, 7) is 5.92. The summed E-state index contributed by atoms with van der Waals surface area (Å²) < 4.78 is 28.7. The Hall–Kier alpha value is -2.77. The van der Waals surface area contributed by atoms with Crippen LogP contribution in [-0.4, -0.2) is 52.4 Å². The van der Waals surface area contributed by atoms with Crippen LogP contribution in [0.4, 0.5) is 14.5 Å². The lowest BCUT2D eigenvalue weighted by Crippen LogP contribution is -2.46. The van der Waals surface area contributed by atoms with Gasteiger partial charge in [-0.05, 0) is 31.2 Å². The highest BCUT2D eigenvalue weighted by Crippen LogP contribution is 2.20. The standard InChI is InChI=1S/C22H22ClF2N5/c1-16-17(14-27-30(16)22-5-4-18(23)15-26-22)3-2-6-28-7-9-29(10-8-28)21-12-19(24)11-20(25)13-21/h2-5,11-15H,6-10H2,1H3/b3-2+. The second-order valence-electron chi connectivity index (χ2n) is 7.25. The molecule has 1 saturated heterocycles. The first kappa shape index (κ1) is 20.5. The van der Waals surface area contributed by atoms with E-state index in [1.165, 1.54) is 12.1 Å². The number of nitrogens with zero attached hydrogens (tertiary/aromatic N) is 5. The van der Waals surface area contributed by atoms with E-state index in [0.29, 0.717) is 10.7 Å². The van der Waals surface area contributed by atoms with Crippen molar-refractivity contribution in [3.63, 3.8) is 0 Å². The van der Waals surface area contributed by atoms with Crippen LogP contribution in [0.3, 0.4) is 0 Å². The molecule has 1 aliphatic rings. The molecule has 0 unspecified atom stereocenters. The predicted molar refractivity (Wildman–Crippen MR) is 115 cm³/mol. The molecule has 1 aromatic carbocycles. The lowest BCUT2D eigenvalue weighted by molar-refractivity contribution is 0.284. The van der Waals surface area contributed by atoms with Gasteiger partial charge in [0, 0.05) is 56.2 Å². The van der Waals surface area contributed by atoms with Gasteiger partial charge in [-0.1, -0.05) is 23.8 Å². The lowest BCUT2D eigenvalue weighted by atomic mass is 10.2. The van der Waals surface area contributed by atoms with Gasteiger partial charge in [-0.25, -0.2) is 18.4 Å². The Balaban J connectivity index is 1.33. The van der Waals surface area contributed by atoms with E-state index >= 15 is 0 Å². The fraction of sp³-hybridized carbons (Fsp3) is 0.273. The molecule has 1 aliphatic heterocycles. The molecule has 0 amide bonds. The lowest BCUT2D eigenvalue weighted by Gasteiger charge is -2.35. The zero-order valence-corrected chi connectivity index (χ0v) is 17.4. The van der Waals surface area contributed by atoms with Crippen molar-refractivity contribution in [1.82, 2.24) is 19.7 Å². The molecule has 5 nitrogen and oxygen atoms in total. The Labute approximate surface area is 179 Å². The second-order valence-corrected chi connectivity index (χ2v) is 7.69. The third-order valence-corrected chi connectivity index (χ3v) is 5.45. The van der Waals surface area contributed by atoms with Gasteiger partial charge < -0.3 is 4.90 Å². The first-order valence-corrected chi connectivity index (χ1v) is 10.1. The number of hydrogen-bond acceptors (Lipinski definition) is 4. The van der Waals surface area contributed by atoms with Crippen molar-refractivity contribution < 1.29 is 8.78 Å². The number of pyridine rings is 1. The highest BCUT2D eigenvalue weighted by molar-refractivity contribution is 6.30. The molecule has 3 heterocycles. The zero-order valence-electron chi connectivity index (χ0n) is 16.6. The van der Waals surface area contributed by atoms with E-state index in [2.05, 4.69) is 27.1 Å². The number of hydrogen-bond donors (Lipinski definition) is 0. The molecule has 8 heteroatoms. The van der Waals surface area contributed by atoms with Crippen LogP contribution < -0.4 is 4.90 Å². The molecule has 4 rings (SSSR count). The van der Waals surface area contributed by atoms with E-state index in [1.54, 1.807) is 16.9 Å². The van der Waals surface area contributed by atoms with Crippen LogP contribution in [0.1, 0.15) is 11.3 Å². The summed E-state index contributed by atoms with van der Waals surface area (Å²) in [5.74, 6) is -0.360. The van der Waals surface area contributed by atoms with Crippen LogP contribution in [0.15, 0.2) is 48.8 Å². The third-order valence-electron chi connectivity index (χ3n) is 5.22. The quantitative estimate of drug-likeness (QED) is 0.604. The van der Waals surface area contributed by atoms with E-state index in [0.717, 1.165) is 55.9 Å². The largest absolute Gasteiger partial charge is 0.369 e. The topological polar surface area (TPSA) is 37.2 Å². The summed E-state index contributed by atoms with van der Waals surface area (Å²) in [6.07, 6.45) is 7.59. The number of benzene rings is 1. The minimum Gasteiger partial charge on any atom is -0.369 e. The summed E-state index contributed by atoms with van der Waals surface area (Å²) in [5, 5.41) is 5.01. The predicted octanol–water partition coefficient (Wildman–Crippen LogP) is 4.34. The Morgan fingerprint density at radius 1 is 1.03 bits per heavy atom. The fourth-order valence-corrected chi connectivity index (χ4v) is 3.66. The van der Waals surface area contributed by atoms with Crippen LogP contribution in [-0.2, 0) is 0 Å². The van der Waals surface area contributed by atoms with Gasteiger partial charge in [0.1, 0.15) is 11.6 Å². The zero-order chi connectivity index (χ0) is 21.1. The number of anilines is 1. The second kappa shape index (κ2) is 8.93. The fourth-order valence-electron chi connectivity index (χ4n) is 3.55. The minimum absolute atomic E-state index is 0.542. The summed E-state index contributed by atoms with van der Waals surface area (Å²) in [6, 6.07) is 7.29. The Morgan fingerprint density at radius 3 is 2.43 bits per heavy atom. The van der Waals surface area contributed by atoms with Crippen LogP contribution in [0, 0.1) is 18.6 Å². The number of rotatable bonds is 5. The summed E-state index contributed by atoms with van der Waals surface area (Å²) in [5.41, 5.74) is 2.63. The third kappa shape index (κ3) is 4.68. The Morgan fingerprint density at radius 2 is 1.77 bits per heavy atom. The van der Waals surface area contributed by atoms with Gasteiger partial charge >= 0.3 is 0 Å². The van der Waals surface area contributed by atoms with Gasteiger partial charge in [-0.3, -0.25) is 4.90 Å². The van der Waals surface area contributed by atoms with E-state index in [4.69, 9.17) is 11.6 Å². The average Bonchev–Trinajstić information content (AvgIpc) is 3.09. The van der Waals surface area contributed by atoms with E-state index in [-0.39, 0.29) is 0 Å². The maximum Gasteiger partial charge on any atom is 0.153 e. The smallest absolute Gasteiger partial charge is 0.153 e. The molecular formula is C22H22ClF2N5. The first-order valence-electron chi connectivity index (χ1n) is 9.76. The molecule has 3 aromatic rings. The maximum absolute atomic E-state index is 13.4. The SMILES string of the molecule is Cc1c(/C=C/CN2CCN(c3cc(F)cc(F)c3)CC2)cnn1-c1ccc(Cl)cn1. The number of piperazine rings is 1. The molecule has 0 spiro atoms. The molecule has 1 fully saturated rings. The molecule has 0 aliphatic carbocycles. The van der Waals surface area contributed by atoms with Gasteiger partial charge in [-0.15, -0.1) is 0 Å². The van der Waals surface area contributed by atoms with Crippen molar-refractivity contribution in [1.29, 1.82) is 0 Å². The van der Waals surface area contributed by atoms with Crippen molar-refractivity contribution in [3.05, 3.63) is 76.7 Å². The molecule has 0 atom stereocenters. The van der Waals surface area contributed by atoms with Crippen LogP contribution in [0.5, 0.6) is 0 Å². The van der Waals surface area contributed by atoms with E-state index in [9.17, 15) is 8.78 Å². The molecule has 0 N–H and O–H groups in total. The van der Waals surface area contributed by atoms with Gasteiger partial charge in [0.15, 0.2) is 5.82 Å². The van der Waals surface area contributed by atoms with E-state index < -0.39 is 11.6 Å². The van der Waals surface area contributed by atoms with Gasteiger partial charge in [-0.2, -0.15) is 5.10 Å². The normalized spacial score (nSPS) is 15.3. The molecule has 0 radical (unpaired) electrons. The van der Waals surface area contributed by atoms with E-state index in [1.807, 2.05) is 24.1 Å². The van der Waals surface area contributed by atoms with Crippen LogP contribution in [0.25, 0.3) is 11.9 Å². The van der Waals surface area contributed by atoms with Crippen molar-refractivity contribution in [3.8, 4) is 5.82 Å². The van der Waals surface area contributed by atoms with Gasteiger partial charge in [0.25, 0.3) is 0 Å². The highest BCUT2D eigenvalue weighted by atomic mass is 35.5. The summed E-state index contributed by atoms with van der Waals surface area (Å²) >= 11 is 5.90. The monoisotopic (exact) mass is 429 g/mol. The van der Waals surface area contributed by atoms with Crippen molar-refractivity contribution in [2.75, 3.05) is 37.6 Å². The summed E-state index contributed by atoms with van der Waals surface area (Å²) in [7, 11) is 0. The molecule has 30 heavy (non-hydrogen) atoms.